The highest BCUT2D eigenvalue weighted by Gasteiger charge is 2.22. The Hall–Kier alpha value is -1.81. The Morgan fingerprint density at radius 1 is 1.32 bits per heavy atom. The van der Waals surface area contributed by atoms with Crippen LogP contribution >= 0.6 is 0 Å². The third kappa shape index (κ3) is 3.69. The highest BCUT2D eigenvalue weighted by atomic mass is 16.5. The second-order valence-corrected chi connectivity index (χ2v) is 6.01. The lowest BCUT2D eigenvalue weighted by Crippen LogP contribution is -2.29. The van der Waals surface area contributed by atoms with Crippen molar-refractivity contribution in [1.82, 2.24) is 5.32 Å². The Kier molecular flexibility index (Phi) is 4.78. The van der Waals surface area contributed by atoms with Gasteiger partial charge in [0.15, 0.2) is 0 Å². The van der Waals surface area contributed by atoms with Crippen LogP contribution in [0.2, 0.25) is 0 Å². The van der Waals surface area contributed by atoms with E-state index in [0.29, 0.717) is 12.8 Å². The van der Waals surface area contributed by atoms with Gasteiger partial charge in [-0.05, 0) is 30.5 Å². The van der Waals surface area contributed by atoms with Crippen LogP contribution in [0.5, 0.6) is 5.75 Å². The van der Waals surface area contributed by atoms with E-state index in [0.717, 1.165) is 43.0 Å². The van der Waals surface area contributed by atoms with Crippen LogP contribution in [0.1, 0.15) is 37.2 Å². The van der Waals surface area contributed by atoms with Gasteiger partial charge in [-0.25, -0.2) is 0 Å². The van der Waals surface area contributed by atoms with Crippen molar-refractivity contribution in [2.24, 2.45) is 0 Å². The number of Topliss-reactive ketones (excluding diaryl/α,β-unsaturated/α-hetero) is 1. The number of hydrogen-bond acceptors (Lipinski definition) is 4. The van der Waals surface area contributed by atoms with E-state index in [1.54, 1.807) is 7.11 Å². The molecule has 22 heavy (non-hydrogen) atoms. The maximum absolute atomic E-state index is 12.0. The number of carbonyl (C=O) groups is 1. The quantitative estimate of drug-likeness (QED) is 0.908. The van der Waals surface area contributed by atoms with Crippen LogP contribution in [0, 0.1) is 0 Å². The normalized spacial score (nSPS) is 25.0. The van der Waals surface area contributed by atoms with Crippen LogP contribution < -0.4 is 10.1 Å². The molecule has 1 heterocycles. The van der Waals surface area contributed by atoms with Gasteiger partial charge in [0.2, 0.25) is 0 Å². The fourth-order valence-electron chi connectivity index (χ4n) is 3.13. The molecule has 2 aliphatic rings. The molecule has 0 spiro atoms. The van der Waals surface area contributed by atoms with Gasteiger partial charge >= 0.3 is 0 Å². The molecular formula is C18H23NO3. The Bertz CT molecular complexity index is 544. The van der Waals surface area contributed by atoms with E-state index in [-0.39, 0.29) is 17.8 Å². The van der Waals surface area contributed by atoms with Gasteiger partial charge in [0.1, 0.15) is 11.5 Å². The van der Waals surface area contributed by atoms with Gasteiger partial charge in [0.25, 0.3) is 0 Å². The van der Waals surface area contributed by atoms with Crippen LogP contribution in [-0.2, 0) is 9.53 Å². The van der Waals surface area contributed by atoms with Gasteiger partial charge in [-0.3, -0.25) is 4.79 Å². The summed E-state index contributed by atoms with van der Waals surface area (Å²) in [5.41, 5.74) is 2.19. The number of benzene rings is 1. The average molecular weight is 301 g/mol. The lowest BCUT2D eigenvalue weighted by Gasteiger charge is -2.23. The molecule has 1 saturated heterocycles. The first-order valence-electron chi connectivity index (χ1n) is 7.96. The fourth-order valence-corrected chi connectivity index (χ4v) is 3.13. The highest BCUT2D eigenvalue weighted by Crippen LogP contribution is 2.29. The summed E-state index contributed by atoms with van der Waals surface area (Å²) < 4.78 is 10.8. The zero-order valence-electron chi connectivity index (χ0n) is 13.0. The minimum absolute atomic E-state index is 0.152. The number of allylic oxidation sites excluding steroid dienone is 2. The van der Waals surface area contributed by atoms with Crippen LogP contribution in [0.15, 0.2) is 36.0 Å². The molecule has 1 fully saturated rings. The largest absolute Gasteiger partial charge is 0.497 e. The molecule has 0 amide bonds. The van der Waals surface area contributed by atoms with Crippen LogP contribution in [0.3, 0.4) is 0 Å². The van der Waals surface area contributed by atoms with Crippen molar-refractivity contribution in [1.29, 1.82) is 0 Å². The van der Waals surface area contributed by atoms with Crippen molar-refractivity contribution in [3.05, 3.63) is 41.6 Å². The molecule has 1 aromatic rings. The standard InChI is InChI=1S/C18H23NO3/c1-21-17-6-4-13(5-7-17)14-9-15(11-16(20)10-14)19-12-18-3-2-8-22-18/h4-7,9,14,18-19H,2-3,8,10-12H2,1H3. The molecule has 118 valence electrons. The number of hydrogen-bond donors (Lipinski definition) is 1. The van der Waals surface area contributed by atoms with E-state index < -0.39 is 0 Å². The van der Waals surface area contributed by atoms with E-state index in [1.807, 2.05) is 24.3 Å². The predicted octanol–water partition coefficient (Wildman–Crippen LogP) is 2.79. The zero-order valence-corrected chi connectivity index (χ0v) is 13.0. The highest BCUT2D eigenvalue weighted by molar-refractivity contribution is 5.83. The van der Waals surface area contributed by atoms with Gasteiger partial charge in [-0.15, -0.1) is 0 Å². The average Bonchev–Trinajstić information content (AvgIpc) is 3.06. The number of methoxy groups -OCH3 is 1. The molecule has 4 heteroatoms. The molecule has 1 aliphatic carbocycles. The maximum Gasteiger partial charge on any atom is 0.139 e. The Balaban J connectivity index is 1.66. The van der Waals surface area contributed by atoms with Crippen molar-refractivity contribution in [3.63, 3.8) is 0 Å². The van der Waals surface area contributed by atoms with Gasteiger partial charge < -0.3 is 14.8 Å². The molecule has 2 atom stereocenters. The molecule has 1 aliphatic heterocycles. The van der Waals surface area contributed by atoms with Crippen molar-refractivity contribution in [2.75, 3.05) is 20.3 Å². The number of nitrogens with one attached hydrogen (secondary N) is 1. The lowest BCUT2D eigenvalue weighted by atomic mass is 9.87. The van der Waals surface area contributed by atoms with Gasteiger partial charge in [0.05, 0.1) is 13.2 Å². The van der Waals surface area contributed by atoms with E-state index >= 15 is 0 Å². The number of carbonyl (C=O) groups excluding carboxylic acids is 1. The third-order valence-electron chi connectivity index (χ3n) is 4.36. The van der Waals surface area contributed by atoms with E-state index in [9.17, 15) is 4.79 Å². The van der Waals surface area contributed by atoms with Crippen LogP contribution in [0.25, 0.3) is 0 Å². The number of ketones is 1. The summed E-state index contributed by atoms with van der Waals surface area (Å²) in [6, 6.07) is 7.97. The second-order valence-electron chi connectivity index (χ2n) is 6.01. The van der Waals surface area contributed by atoms with Gasteiger partial charge in [-0.2, -0.15) is 0 Å². The van der Waals surface area contributed by atoms with Crippen molar-refractivity contribution in [3.8, 4) is 5.75 Å². The first kappa shape index (κ1) is 15.1. The van der Waals surface area contributed by atoms with E-state index in [4.69, 9.17) is 9.47 Å². The second kappa shape index (κ2) is 6.97. The molecule has 3 rings (SSSR count). The van der Waals surface area contributed by atoms with Crippen LogP contribution in [-0.4, -0.2) is 32.1 Å². The Morgan fingerprint density at radius 2 is 2.14 bits per heavy atom. The smallest absolute Gasteiger partial charge is 0.139 e. The first-order chi connectivity index (χ1) is 10.7. The monoisotopic (exact) mass is 301 g/mol. The molecule has 0 radical (unpaired) electrons. The third-order valence-corrected chi connectivity index (χ3v) is 4.36. The molecular weight excluding hydrogens is 278 g/mol. The molecule has 1 N–H and O–H groups in total. The SMILES string of the molecule is COc1ccc(C2C=C(NCC3CCCO3)CC(=O)C2)cc1. The Labute approximate surface area is 131 Å². The molecule has 0 saturated carbocycles. The minimum atomic E-state index is 0.152. The number of rotatable bonds is 5. The molecule has 1 aromatic carbocycles. The van der Waals surface area contributed by atoms with Gasteiger partial charge in [-0.1, -0.05) is 18.2 Å². The Morgan fingerprint density at radius 3 is 2.82 bits per heavy atom. The molecule has 2 unspecified atom stereocenters. The summed E-state index contributed by atoms with van der Waals surface area (Å²) in [6.07, 6.45) is 5.82. The molecule has 0 aromatic heterocycles. The summed E-state index contributed by atoms with van der Waals surface area (Å²) in [5, 5.41) is 3.41. The summed E-state index contributed by atoms with van der Waals surface area (Å²) in [6.45, 7) is 1.66. The molecule has 4 nitrogen and oxygen atoms in total. The van der Waals surface area contributed by atoms with E-state index in [1.165, 1.54) is 0 Å². The summed E-state index contributed by atoms with van der Waals surface area (Å²) >= 11 is 0. The van der Waals surface area contributed by atoms with E-state index in [2.05, 4.69) is 11.4 Å². The summed E-state index contributed by atoms with van der Waals surface area (Å²) in [5.74, 6) is 1.28. The van der Waals surface area contributed by atoms with Crippen LogP contribution in [0.4, 0.5) is 0 Å². The predicted molar refractivity (Wildman–Crippen MR) is 85.0 cm³/mol. The van der Waals surface area contributed by atoms with Gasteiger partial charge in [0, 0.05) is 37.6 Å². The maximum atomic E-state index is 12.0. The van der Waals surface area contributed by atoms with Crippen molar-refractivity contribution < 1.29 is 14.3 Å². The first-order valence-corrected chi connectivity index (χ1v) is 7.96. The summed E-state index contributed by atoms with van der Waals surface area (Å²) in [7, 11) is 1.66. The zero-order chi connectivity index (χ0) is 15.4. The topological polar surface area (TPSA) is 47.6 Å². The van der Waals surface area contributed by atoms with Crippen molar-refractivity contribution in [2.45, 2.75) is 37.7 Å². The minimum Gasteiger partial charge on any atom is -0.497 e. The van der Waals surface area contributed by atoms with Crippen molar-refractivity contribution >= 4 is 5.78 Å². The fraction of sp³-hybridized carbons (Fsp3) is 0.500. The lowest BCUT2D eigenvalue weighted by molar-refractivity contribution is -0.119. The summed E-state index contributed by atoms with van der Waals surface area (Å²) in [4.78, 5) is 12.0. The molecule has 0 bridgehead atoms. The number of ether oxygens (including phenoxy) is 2.